The Bertz CT molecular complexity index is 856. The predicted octanol–water partition coefficient (Wildman–Crippen LogP) is 2.70. The molecule has 0 aliphatic rings. The van der Waals surface area contributed by atoms with Gasteiger partial charge in [0, 0.05) is 12.7 Å². The number of hydrogen-bond donors (Lipinski definition) is 1. The summed E-state index contributed by atoms with van der Waals surface area (Å²) in [6.07, 6.45) is 0. The molecule has 3 rings (SSSR count). The Labute approximate surface area is 121 Å². The van der Waals surface area contributed by atoms with E-state index in [1.165, 1.54) is 0 Å². The van der Waals surface area contributed by atoms with Crippen molar-refractivity contribution >= 4 is 22.6 Å². The Morgan fingerprint density at radius 3 is 2.57 bits per heavy atom. The van der Waals surface area contributed by atoms with Crippen LogP contribution in [0.1, 0.15) is 16.2 Å². The van der Waals surface area contributed by atoms with E-state index in [9.17, 15) is 4.79 Å². The van der Waals surface area contributed by atoms with Crippen LogP contribution in [0.25, 0.3) is 11.0 Å². The lowest BCUT2D eigenvalue weighted by Crippen LogP contribution is -2.16. The maximum Gasteiger partial charge on any atom is 0.291 e. The van der Waals surface area contributed by atoms with Gasteiger partial charge in [0.05, 0.1) is 22.7 Å². The van der Waals surface area contributed by atoms with Crippen molar-refractivity contribution < 1.29 is 4.79 Å². The summed E-state index contributed by atoms with van der Waals surface area (Å²) < 4.78 is 1.76. The van der Waals surface area contributed by atoms with Gasteiger partial charge in [0.25, 0.3) is 5.91 Å². The minimum Gasteiger partial charge on any atom is -0.323 e. The van der Waals surface area contributed by atoms with Gasteiger partial charge in [-0.15, -0.1) is 0 Å². The van der Waals surface area contributed by atoms with Crippen molar-refractivity contribution in [2.75, 3.05) is 5.32 Å². The van der Waals surface area contributed by atoms with Gasteiger partial charge >= 0.3 is 0 Å². The van der Waals surface area contributed by atoms with Crippen molar-refractivity contribution in [1.29, 1.82) is 5.26 Å². The summed E-state index contributed by atoms with van der Waals surface area (Å²) >= 11 is 0. The smallest absolute Gasteiger partial charge is 0.291 e. The second-order valence-electron chi connectivity index (χ2n) is 4.63. The van der Waals surface area contributed by atoms with Crippen molar-refractivity contribution in [3.8, 4) is 6.07 Å². The minimum atomic E-state index is -0.279. The van der Waals surface area contributed by atoms with Crippen molar-refractivity contribution in [1.82, 2.24) is 9.55 Å². The first-order valence-electron chi connectivity index (χ1n) is 6.42. The first kappa shape index (κ1) is 12.9. The molecule has 1 heterocycles. The molecular weight excluding hydrogens is 264 g/mol. The van der Waals surface area contributed by atoms with Crippen molar-refractivity contribution in [3.05, 3.63) is 59.9 Å². The van der Waals surface area contributed by atoms with Crippen LogP contribution < -0.4 is 5.32 Å². The SMILES string of the molecule is Cn1c(C(=O)Nc2ccc(C#N)cc2)nc2ccccc21. The number of aryl methyl sites for hydroxylation is 1. The van der Waals surface area contributed by atoms with Gasteiger partial charge in [-0.2, -0.15) is 5.26 Å². The zero-order chi connectivity index (χ0) is 14.8. The molecule has 0 fully saturated rings. The molecule has 0 atom stereocenters. The van der Waals surface area contributed by atoms with Crippen LogP contribution in [0.3, 0.4) is 0 Å². The van der Waals surface area contributed by atoms with Gasteiger partial charge in [0.15, 0.2) is 5.82 Å². The minimum absolute atomic E-state index is 0.279. The van der Waals surface area contributed by atoms with Crippen LogP contribution in [0.2, 0.25) is 0 Å². The van der Waals surface area contributed by atoms with Gasteiger partial charge in [-0.1, -0.05) is 12.1 Å². The standard InChI is InChI=1S/C16H12N4O/c1-20-14-5-3-2-4-13(14)19-15(20)16(21)18-12-8-6-11(10-17)7-9-12/h2-9H,1H3,(H,18,21). The van der Waals surface area contributed by atoms with Gasteiger partial charge in [-0.3, -0.25) is 4.79 Å². The highest BCUT2D eigenvalue weighted by Gasteiger charge is 2.15. The Hall–Kier alpha value is -3.13. The zero-order valence-corrected chi connectivity index (χ0v) is 11.4. The number of carbonyl (C=O) groups excluding carboxylic acids is 1. The molecule has 1 aromatic heterocycles. The highest BCUT2D eigenvalue weighted by atomic mass is 16.2. The number of carbonyl (C=O) groups is 1. The fourth-order valence-electron chi connectivity index (χ4n) is 2.16. The molecule has 0 bridgehead atoms. The molecular formula is C16H12N4O. The highest BCUT2D eigenvalue weighted by Crippen LogP contribution is 2.16. The third-order valence-corrected chi connectivity index (χ3v) is 3.26. The van der Waals surface area contributed by atoms with E-state index in [1.807, 2.05) is 37.4 Å². The van der Waals surface area contributed by atoms with E-state index in [1.54, 1.807) is 28.8 Å². The molecule has 2 aromatic carbocycles. The predicted molar refractivity (Wildman–Crippen MR) is 79.8 cm³/mol. The normalized spacial score (nSPS) is 10.3. The average Bonchev–Trinajstić information content (AvgIpc) is 2.86. The van der Waals surface area contributed by atoms with Gasteiger partial charge < -0.3 is 9.88 Å². The Morgan fingerprint density at radius 2 is 1.90 bits per heavy atom. The van der Waals surface area contributed by atoms with Crippen molar-refractivity contribution in [2.24, 2.45) is 7.05 Å². The molecule has 0 unspecified atom stereocenters. The van der Waals surface area contributed by atoms with E-state index in [0.29, 0.717) is 17.1 Å². The molecule has 0 spiro atoms. The first-order valence-corrected chi connectivity index (χ1v) is 6.42. The molecule has 1 N–H and O–H groups in total. The number of nitrogens with zero attached hydrogens (tertiary/aromatic N) is 3. The fourth-order valence-corrected chi connectivity index (χ4v) is 2.16. The number of anilines is 1. The maximum atomic E-state index is 12.3. The quantitative estimate of drug-likeness (QED) is 0.782. The van der Waals surface area contributed by atoms with Crippen LogP contribution in [-0.2, 0) is 7.05 Å². The third kappa shape index (κ3) is 2.35. The second kappa shape index (κ2) is 5.10. The molecule has 0 radical (unpaired) electrons. The molecule has 0 aliphatic carbocycles. The Balaban J connectivity index is 1.90. The zero-order valence-electron chi connectivity index (χ0n) is 11.4. The van der Waals surface area contributed by atoms with Crippen LogP contribution in [0.5, 0.6) is 0 Å². The summed E-state index contributed by atoms with van der Waals surface area (Å²) in [6.45, 7) is 0. The van der Waals surface area contributed by atoms with Gasteiger partial charge in [0.2, 0.25) is 0 Å². The lowest BCUT2D eigenvalue weighted by molar-refractivity contribution is 0.101. The van der Waals surface area contributed by atoms with E-state index >= 15 is 0 Å². The number of hydrogen-bond acceptors (Lipinski definition) is 3. The number of aromatic nitrogens is 2. The Morgan fingerprint density at radius 1 is 1.19 bits per heavy atom. The lowest BCUT2D eigenvalue weighted by atomic mass is 10.2. The topological polar surface area (TPSA) is 70.7 Å². The van der Waals surface area contributed by atoms with Crippen LogP contribution in [0, 0.1) is 11.3 Å². The van der Waals surface area contributed by atoms with Crippen molar-refractivity contribution in [3.63, 3.8) is 0 Å². The lowest BCUT2D eigenvalue weighted by Gasteiger charge is -2.05. The largest absolute Gasteiger partial charge is 0.323 e. The molecule has 102 valence electrons. The summed E-state index contributed by atoms with van der Waals surface area (Å²) in [4.78, 5) is 16.6. The van der Waals surface area contributed by atoms with Crippen LogP contribution in [-0.4, -0.2) is 15.5 Å². The van der Waals surface area contributed by atoms with Crippen LogP contribution in [0.4, 0.5) is 5.69 Å². The molecule has 5 nitrogen and oxygen atoms in total. The van der Waals surface area contributed by atoms with E-state index in [-0.39, 0.29) is 5.91 Å². The molecule has 0 saturated heterocycles. The first-order chi connectivity index (χ1) is 10.2. The maximum absolute atomic E-state index is 12.3. The average molecular weight is 276 g/mol. The molecule has 3 aromatic rings. The number of benzene rings is 2. The molecule has 1 amide bonds. The second-order valence-corrected chi connectivity index (χ2v) is 4.63. The third-order valence-electron chi connectivity index (χ3n) is 3.26. The number of rotatable bonds is 2. The summed E-state index contributed by atoms with van der Waals surface area (Å²) in [6, 6.07) is 16.3. The monoisotopic (exact) mass is 276 g/mol. The number of nitriles is 1. The molecule has 0 aliphatic heterocycles. The van der Waals surface area contributed by atoms with E-state index in [4.69, 9.17) is 5.26 Å². The molecule has 5 heteroatoms. The van der Waals surface area contributed by atoms with E-state index in [2.05, 4.69) is 10.3 Å². The Kier molecular flexibility index (Phi) is 3.13. The van der Waals surface area contributed by atoms with E-state index in [0.717, 1.165) is 11.0 Å². The number of fused-ring (bicyclic) bond motifs is 1. The fraction of sp³-hybridized carbons (Fsp3) is 0.0625. The van der Waals surface area contributed by atoms with Gasteiger partial charge in [-0.05, 0) is 36.4 Å². The van der Waals surface area contributed by atoms with Crippen LogP contribution >= 0.6 is 0 Å². The highest BCUT2D eigenvalue weighted by molar-refractivity contribution is 6.03. The summed E-state index contributed by atoms with van der Waals surface area (Å²) in [5, 5.41) is 11.5. The van der Waals surface area contributed by atoms with E-state index < -0.39 is 0 Å². The summed E-state index contributed by atoms with van der Waals surface area (Å²) in [5.74, 6) is 0.0685. The molecule has 21 heavy (non-hydrogen) atoms. The number of para-hydroxylation sites is 2. The van der Waals surface area contributed by atoms with Gasteiger partial charge in [-0.25, -0.2) is 4.98 Å². The number of amides is 1. The number of imidazole rings is 1. The summed E-state index contributed by atoms with van der Waals surface area (Å²) in [7, 11) is 1.81. The van der Waals surface area contributed by atoms with Gasteiger partial charge in [0.1, 0.15) is 0 Å². The molecule has 0 saturated carbocycles. The number of nitrogens with one attached hydrogen (secondary N) is 1. The van der Waals surface area contributed by atoms with Crippen LogP contribution in [0.15, 0.2) is 48.5 Å². The summed E-state index contributed by atoms with van der Waals surface area (Å²) in [5.41, 5.74) is 2.87. The van der Waals surface area contributed by atoms with Crippen molar-refractivity contribution in [2.45, 2.75) is 0 Å².